The van der Waals surface area contributed by atoms with Gasteiger partial charge in [0.2, 0.25) is 0 Å². The fraction of sp³-hybridized carbons (Fsp3) is 0.294. The van der Waals surface area contributed by atoms with Gasteiger partial charge in [-0.2, -0.15) is 5.10 Å². The van der Waals surface area contributed by atoms with Gasteiger partial charge in [0, 0.05) is 23.5 Å². The molecular weight excluding hydrogens is 311 g/mol. The van der Waals surface area contributed by atoms with E-state index in [2.05, 4.69) is 15.4 Å². The average Bonchev–Trinajstić information content (AvgIpc) is 3.13. The molecule has 6 nitrogen and oxygen atoms in total. The number of hydrogen-bond donors (Lipinski definition) is 2. The predicted octanol–water partition coefficient (Wildman–Crippen LogP) is 2.57. The highest BCUT2D eigenvalue weighted by Crippen LogP contribution is 2.23. The summed E-state index contributed by atoms with van der Waals surface area (Å²) in [6, 6.07) is 4.81. The van der Waals surface area contributed by atoms with Gasteiger partial charge in [-0.15, -0.1) is 0 Å². The van der Waals surface area contributed by atoms with Crippen LogP contribution in [0.25, 0.3) is 10.9 Å². The molecule has 0 radical (unpaired) electrons. The van der Waals surface area contributed by atoms with Crippen LogP contribution in [0.4, 0.5) is 4.39 Å². The molecule has 0 saturated carbocycles. The Morgan fingerprint density at radius 1 is 1.50 bits per heavy atom. The number of fused-ring (bicyclic) bond motifs is 1. The quantitative estimate of drug-likeness (QED) is 0.773. The van der Waals surface area contributed by atoms with Gasteiger partial charge in [0.05, 0.1) is 37.1 Å². The molecule has 1 aromatic carbocycles. The van der Waals surface area contributed by atoms with Crippen molar-refractivity contribution in [3.05, 3.63) is 53.7 Å². The molecule has 3 heterocycles. The number of rotatable bonds is 4. The molecule has 1 aliphatic rings. The number of halogens is 1. The standard InChI is InChI=1S/C17H17FN4O2/c1-10(14-4-11-2-3-19-16(11)5-15(14)18)21-17(23)12-6-20-22(7-12)13-8-24-9-13/h2-7,10,13,19H,8-9H2,1H3,(H,21,23)/t10-/m1/s1. The number of hydrogen-bond acceptors (Lipinski definition) is 3. The molecule has 0 bridgehead atoms. The van der Waals surface area contributed by atoms with E-state index < -0.39 is 6.04 Å². The molecule has 4 rings (SSSR count). The van der Waals surface area contributed by atoms with Gasteiger partial charge in [-0.25, -0.2) is 4.39 Å². The van der Waals surface area contributed by atoms with E-state index in [4.69, 9.17) is 4.74 Å². The largest absolute Gasteiger partial charge is 0.377 e. The van der Waals surface area contributed by atoms with E-state index in [1.807, 2.05) is 6.07 Å². The number of carbonyl (C=O) groups excluding carboxylic acids is 1. The molecule has 0 aliphatic carbocycles. The summed E-state index contributed by atoms with van der Waals surface area (Å²) in [5, 5.41) is 7.92. The van der Waals surface area contributed by atoms with Gasteiger partial charge >= 0.3 is 0 Å². The maximum absolute atomic E-state index is 14.3. The zero-order valence-electron chi connectivity index (χ0n) is 13.1. The van der Waals surface area contributed by atoms with Crippen molar-refractivity contribution in [2.75, 3.05) is 13.2 Å². The smallest absolute Gasteiger partial charge is 0.254 e. The lowest BCUT2D eigenvalue weighted by Crippen LogP contribution is -2.31. The van der Waals surface area contributed by atoms with E-state index in [0.717, 1.165) is 10.9 Å². The highest BCUT2D eigenvalue weighted by Gasteiger charge is 2.23. The van der Waals surface area contributed by atoms with Crippen LogP contribution in [-0.2, 0) is 4.74 Å². The molecule has 1 aliphatic heterocycles. The minimum atomic E-state index is -0.452. The number of H-pyrrole nitrogens is 1. The first kappa shape index (κ1) is 14.9. The summed E-state index contributed by atoms with van der Waals surface area (Å²) < 4.78 is 21.1. The highest BCUT2D eigenvalue weighted by molar-refractivity contribution is 5.94. The minimum absolute atomic E-state index is 0.192. The molecule has 2 aromatic heterocycles. The lowest BCUT2D eigenvalue weighted by molar-refractivity contribution is -0.0286. The Morgan fingerprint density at radius 2 is 2.33 bits per heavy atom. The van der Waals surface area contributed by atoms with Gasteiger partial charge in [-0.3, -0.25) is 9.48 Å². The Balaban J connectivity index is 1.51. The molecule has 0 spiro atoms. The van der Waals surface area contributed by atoms with Gasteiger partial charge < -0.3 is 15.0 Å². The van der Waals surface area contributed by atoms with Crippen molar-refractivity contribution in [3.8, 4) is 0 Å². The highest BCUT2D eigenvalue weighted by atomic mass is 19.1. The van der Waals surface area contributed by atoms with Crippen LogP contribution in [0.3, 0.4) is 0 Å². The number of nitrogens with one attached hydrogen (secondary N) is 2. The first-order valence-corrected chi connectivity index (χ1v) is 7.81. The number of benzene rings is 1. The average molecular weight is 328 g/mol. The predicted molar refractivity (Wildman–Crippen MR) is 86.2 cm³/mol. The Hall–Kier alpha value is -2.67. The Bertz CT molecular complexity index is 897. The minimum Gasteiger partial charge on any atom is -0.377 e. The van der Waals surface area contributed by atoms with E-state index in [0.29, 0.717) is 24.3 Å². The van der Waals surface area contributed by atoms with E-state index in [1.165, 1.54) is 12.3 Å². The maximum Gasteiger partial charge on any atom is 0.254 e. The second-order valence-electron chi connectivity index (χ2n) is 6.03. The number of amides is 1. The third-order valence-electron chi connectivity index (χ3n) is 4.34. The van der Waals surface area contributed by atoms with Crippen LogP contribution in [0.1, 0.15) is 34.9 Å². The van der Waals surface area contributed by atoms with E-state index >= 15 is 0 Å². The van der Waals surface area contributed by atoms with Crippen molar-refractivity contribution < 1.29 is 13.9 Å². The lowest BCUT2D eigenvalue weighted by atomic mass is 10.1. The molecule has 1 atom stereocenters. The summed E-state index contributed by atoms with van der Waals surface area (Å²) in [5.41, 5.74) is 1.64. The van der Waals surface area contributed by atoms with Crippen molar-refractivity contribution in [2.24, 2.45) is 0 Å². The van der Waals surface area contributed by atoms with Crippen LogP contribution in [0.2, 0.25) is 0 Å². The zero-order chi connectivity index (χ0) is 16.7. The molecule has 24 heavy (non-hydrogen) atoms. The van der Waals surface area contributed by atoms with Gasteiger partial charge in [-0.1, -0.05) is 0 Å². The number of ether oxygens (including phenoxy) is 1. The fourth-order valence-corrected chi connectivity index (χ4v) is 2.81. The van der Waals surface area contributed by atoms with Gasteiger partial charge in [-0.05, 0) is 30.5 Å². The first-order chi connectivity index (χ1) is 11.6. The molecule has 7 heteroatoms. The van der Waals surface area contributed by atoms with Crippen LogP contribution >= 0.6 is 0 Å². The monoisotopic (exact) mass is 328 g/mol. The third kappa shape index (κ3) is 2.56. The first-order valence-electron chi connectivity index (χ1n) is 7.81. The second kappa shape index (κ2) is 5.76. The summed E-state index contributed by atoms with van der Waals surface area (Å²) in [6.07, 6.45) is 4.97. The molecule has 3 aromatic rings. The number of nitrogens with zero attached hydrogens (tertiary/aromatic N) is 2. The molecule has 1 amide bonds. The van der Waals surface area contributed by atoms with Crippen LogP contribution in [0.15, 0.2) is 36.8 Å². The molecule has 2 N–H and O–H groups in total. The Labute approximate surface area is 137 Å². The molecule has 124 valence electrons. The van der Waals surface area contributed by atoms with Crippen molar-refractivity contribution in [3.63, 3.8) is 0 Å². The SMILES string of the molecule is C[C@@H](NC(=O)c1cnn(C2COC2)c1)c1cc2cc[nH]c2cc1F. The van der Waals surface area contributed by atoms with Crippen LogP contribution in [0.5, 0.6) is 0 Å². The normalized spacial score (nSPS) is 16.1. The van der Waals surface area contributed by atoms with Crippen molar-refractivity contribution >= 4 is 16.8 Å². The van der Waals surface area contributed by atoms with Gasteiger partial charge in [0.1, 0.15) is 5.82 Å². The van der Waals surface area contributed by atoms with E-state index in [9.17, 15) is 9.18 Å². The molecule has 0 unspecified atom stereocenters. The summed E-state index contributed by atoms with van der Waals surface area (Å²) >= 11 is 0. The van der Waals surface area contributed by atoms with Gasteiger partial charge in [0.25, 0.3) is 5.91 Å². The Morgan fingerprint density at radius 3 is 3.08 bits per heavy atom. The van der Waals surface area contributed by atoms with Gasteiger partial charge in [0.15, 0.2) is 0 Å². The van der Waals surface area contributed by atoms with Crippen molar-refractivity contribution in [1.82, 2.24) is 20.1 Å². The lowest BCUT2D eigenvalue weighted by Gasteiger charge is -2.25. The van der Waals surface area contributed by atoms with Crippen molar-refractivity contribution in [2.45, 2.75) is 19.0 Å². The zero-order valence-corrected chi connectivity index (χ0v) is 13.1. The second-order valence-corrected chi connectivity index (χ2v) is 6.03. The summed E-state index contributed by atoms with van der Waals surface area (Å²) in [6.45, 7) is 2.99. The number of aromatic nitrogens is 3. The summed E-state index contributed by atoms with van der Waals surface area (Å²) in [5.74, 6) is -0.623. The molecule has 1 saturated heterocycles. The number of carbonyl (C=O) groups is 1. The van der Waals surface area contributed by atoms with E-state index in [1.54, 1.807) is 30.1 Å². The summed E-state index contributed by atoms with van der Waals surface area (Å²) in [4.78, 5) is 15.3. The topological polar surface area (TPSA) is 71.9 Å². The molecule has 1 fully saturated rings. The molecular formula is C17H17FN4O2. The number of aromatic amines is 1. The van der Waals surface area contributed by atoms with Crippen molar-refractivity contribution in [1.29, 1.82) is 0 Å². The van der Waals surface area contributed by atoms with Crippen LogP contribution in [-0.4, -0.2) is 33.9 Å². The summed E-state index contributed by atoms with van der Waals surface area (Å²) in [7, 11) is 0. The fourth-order valence-electron chi connectivity index (χ4n) is 2.81. The van der Waals surface area contributed by atoms with Crippen LogP contribution < -0.4 is 5.32 Å². The van der Waals surface area contributed by atoms with Crippen LogP contribution in [0, 0.1) is 5.82 Å². The Kier molecular flexibility index (Phi) is 3.57. The maximum atomic E-state index is 14.3. The third-order valence-corrected chi connectivity index (χ3v) is 4.34. The van der Waals surface area contributed by atoms with E-state index in [-0.39, 0.29) is 17.8 Å².